The van der Waals surface area contributed by atoms with E-state index in [4.69, 9.17) is 9.72 Å². The Morgan fingerprint density at radius 2 is 1.62 bits per heavy atom. The van der Waals surface area contributed by atoms with Crippen molar-refractivity contribution in [2.24, 2.45) is 0 Å². The Kier molecular flexibility index (Phi) is 6.66. The molecule has 0 bridgehead atoms. The summed E-state index contributed by atoms with van der Waals surface area (Å²) in [4.78, 5) is 17.2. The van der Waals surface area contributed by atoms with Crippen LogP contribution in [0.4, 0.5) is 10.5 Å². The molecule has 2 N–H and O–H groups in total. The molecular weight excluding hydrogens is 398 g/mol. The molecule has 0 unspecified atom stereocenters. The van der Waals surface area contributed by atoms with Gasteiger partial charge in [-0.25, -0.2) is 9.78 Å². The van der Waals surface area contributed by atoms with Gasteiger partial charge in [-0.2, -0.15) is 0 Å². The Bertz CT molecular complexity index is 1210. The number of ether oxygens (including phenoxy) is 1. The highest BCUT2D eigenvalue weighted by Crippen LogP contribution is 2.43. The number of hydrogen-bond acceptors (Lipinski definition) is 3. The molecular formula is C27H27N3O2. The molecule has 0 fully saturated rings. The molecule has 5 heteroatoms. The lowest BCUT2D eigenvalue weighted by molar-refractivity contribution is 0.252. The van der Waals surface area contributed by atoms with E-state index >= 15 is 0 Å². The number of amides is 2. The summed E-state index contributed by atoms with van der Waals surface area (Å²) in [6, 6.07) is 25.7. The third-order valence-corrected chi connectivity index (χ3v) is 5.32. The molecule has 0 spiro atoms. The molecule has 5 nitrogen and oxygen atoms in total. The van der Waals surface area contributed by atoms with Crippen molar-refractivity contribution in [3.05, 3.63) is 78.9 Å². The number of pyridine rings is 1. The molecule has 0 aliphatic heterocycles. The van der Waals surface area contributed by atoms with E-state index in [1.54, 1.807) is 7.11 Å². The molecule has 3 aromatic carbocycles. The number of nitrogens with zero attached hydrogens (tertiary/aromatic N) is 1. The second kappa shape index (κ2) is 9.96. The zero-order valence-electron chi connectivity index (χ0n) is 18.4. The highest BCUT2D eigenvalue weighted by atomic mass is 16.5. The third kappa shape index (κ3) is 4.57. The average Bonchev–Trinajstić information content (AvgIpc) is 2.84. The van der Waals surface area contributed by atoms with Crippen molar-refractivity contribution in [3.63, 3.8) is 0 Å². The van der Waals surface area contributed by atoms with Gasteiger partial charge >= 0.3 is 6.03 Å². The fraction of sp³-hybridized carbons (Fsp3) is 0.185. The predicted molar refractivity (Wildman–Crippen MR) is 131 cm³/mol. The summed E-state index contributed by atoms with van der Waals surface area (Å²) in [6.45, 7) is 2.75. The number of benzene rings is 3. The maximum atomic E-state index is 12.2. The normalized spacial score (nSPS) is 10.7. The van der Waals surface area contributed by atoms with Crippen LogP contribution in [0.3, 0.4) is 0 Å². The van der Waals surface area contributed by atoms with E-state index in [0.717, 1.165) is 51.9 Å². The van der Waals surface area contributed by atoms with Crippen molar-refractivity contribution < 1.29 is 9.53 Å². The summed E-state index contributed by atoms with van der Waals surface area (Å²) in [5, 5.41) is 6.64. The van der Waals surface area contributed by atoms with Gasteiger partial charge in [-0.1, -0.05) is 74.0 Å². The first-order chi connectivity index (χ1) is 15.7. The Morgan fingerprint density at radius 3 is 2.28 bits per heavy atom. The van der Waals surface area contributed by atoms with Crippen LogP contribution in [-0.2, 0) is 0 Å². The number of carbonyl (C=O) groups is 1. The lowest BCUT2D eigenvalue weighted by Crippen LogP contribution is -2.29. The van der Waals surface area contributed by atoms with Crippen LogP contribution in [0, 0.1) is 0 Å². The predicted octanol–water partition coefficient (Wildman–Crippen LogP) is 6.50. The molecule has 0 aliphatic rings. The fourth-order valence-electron chi connectivity index (χ4n) is 3.76. The van der Waals surface area contributed by atoms with Gasteiger partial charge in [0, 0.05) is 23.2 Å². The van der Waals surface area contributed by atoms with Crippen LogP contribution in [0.1, 0.15) is 19.8 Å². The Hall–Kier alpha value is -3.86. The zero-order valence-corrected chi connectivity index (χ0v) is 18.4. The molecule has 0 atom stereocenters. The van der Waals surface area contributed by atoms with E-state index in [9.17, 15) is 4.79 Å². The molecule has 0 aliphatic carbocycles. The van der Waals surface area contributed by atoms with Crippen molar-refractivity contribution in [1.82, 2.24) is 10.3 Å². The van der Waals surface area contributed by atoms with Gasteiger partial charge in [0.1, 0.15) is 5.75 Å². The third-order valence-electron chi connectivity index (χ3n) is 5.32. The van der Waals surface area contributed by atoms with E-state index in [-0.39, 0.29) is 6.03 Å². The Balaban J connectivity index is 1.84. The Morgan fingerprint density at radius 1 is 0.938 bits per heavy atom. The van der Waals surface area contributed by atoms with Gasteiger partial charge < -0.3 is 15.4 Å². The molecule has 32 heavy (non-hydrogen) atoms. The van der Waals surface area contributed by atoms with E-state index in [1.807, 2.05) is 54.6 Å². The first-order valence-electron chi connectivity index (χ1n) is 10.9. The number of aromatic nitrogens is 1. The maximum absolute atomic E-state index is 12.2. The SMILES string of the molecule is CCCCNC(=O)Nc1ccc2nc(-c3ccccc3)c(-c3ccccc3)c(OC)c2c1. The summed E-state index contributed by atoms with van der Waals surface area (Å²) in [7, 11) is 1.67. The van der Waals surface area contributed by atoms with Gasteiger partial charge in [-0.05, 0) is 30.2 Å². The first kappa shape index (κ1) is 21.4. The largest absolute Gasteiger partial charge is 0.495 e. The smallest absolute Gasteiger partial charge is 0.319 e. The van der Waals surface area contributed by atoms with Crippen LogP contribution in [0.5, 0.6) is 5.75 Å². The van der Waals surface area contributed by atoms with Crippen molar-refractivity contribution in [2.45, 2.75) is 19.8 Å². The maximum Gasteiger partial charge on any atom is 0.319 e. The monoisotopic (exact) mass is 425 g/mol. The summed E-state index contributed by atoms with van der Waals surface area (Å²) in [5.74, 6) is 0.732. The molecule has 4 aromatic rings. The van der Waals surface area contributed by atoms with Crippen LogP contribution in [0.25, 0.3) is 33.3 Å². The van der Waals surface area contributed by atoms with E-state index in [2.05, 4.69) is 41.8 Å². The minimum absolute atomic E-state index is 0.214. The van der Waals surface area contributed by atoms with Gasteiger partial charge in [0.15, 0.2) is 0 Å². The quantitative estimate of drug-likeness (QED) is 0.332. The molecule has 4 rings (SSSR count). The number of nitrogens with one attached hydrogen (secondary N) is 2. The van der Waals surface area contributed by atoms with Gasteiger partial charge in [0.25, 0.3) is 0 Å². The topological polar surface area (TPSA) is 63.2 Å². The van der Waals surface area contributed by atoms with E-state index in [1.165, 1.54) is 0 Å². The first-order valence-corrected chi connectivity index (χ1v) is 10.9. The van der Waals surface area contributed by atoms with Crippen LogP contribution in [0.2, 0.25) is 0 Å². The van der Waals surface area contributed by atoms with Crippen LogP contribution >= 0.6 is 0 Å². The van der Waals surface area contributed by atoms with E-state index in [0.29, 0.717) is 12.2 Å². The molecule has 1 aromatic heterocycles. The van der Waals surface area contributed by atoms with Crippen LogP contribution < -0.4 is 15.4 Å². The van der Waals surface area contributed by atoms with Crippen molar-refractivity contribution in [3.8, 4) is 28.1 Å². The summed E-state index contributed by atoms with van der Waals surface area (Å²) in [5.41, 5.74) is 5.32. The second-order valence-corrected chi connectivity index (χ2v) is 7.57. The lowest BCUT2D eigenvalue weighted by Gasteiger charge is -2.17. The standard InChI is InChI=1S/C27H27N3O2/c1-3-4-17-28-27(31)29-21-15-16-23-22(18-21)26(32-2)24(19-11-7-5-8-12-19)25(30-23)20-13-9-6-10-14-20/h5-16,18H,3-4,17H2,1-2H3,(H2,28,29,31). The van der Waals surface area contributed by atoms with Crippen LogP contribution in [0.15, 0.2) is 78.9 Å². The van der Waals surface area contributed by atoms with Gasteiger partial charge in [0.05, 0.1) is 23.9 Å². The number of methoxy groups -OCH3 is 1. The number of carbonyl (C=O) groups excluding carboxylic acids is 1. The minimum atomic E-state index is -0.214. The van der Waals surface area contributed by atoms with Gasteiger partial charge in [0.2, 0.25) is 0 Å². The summed E-state index contributed by atoms with van der Waals surface area (Å²) in [6.07, 6.45) is 1.98. The lowest BCUT2D eigenvalue weighted by atomic mass is 9.96. The second-order valence-electron chi connectivity index (χ2n) is 7.57. The molecule has 0 saturated carbocycles. The average molecular weight is 426 g/mol. The Labute approximate surface area is 188 Å². The summed E-state index contributed by atoms with van der Waals surface area (Å²) >= 11 is 0. The minimum Gasteiger partial charge on any atom is -0.495 e. The van der Waals surface area contributed by atoms with Gasteiger partial charge in [-0.15, -0.1) is 0 Å². The fourth-order valence-corrected chi connectivity index (χ4v) is 3.76. The van der Waals surface area contributed by atoms with Gasteiger partial charge in [-0.3, -0.25) is 0 Å². The molecule has 0 saturated heterocycles. The highest BCUT2D eigenvalue weighted by molar-refractivity contribution is 6.01. The van der Waals surface area contributed by atoms with Crippen LogP contribution in [-0.4, -0.2) is 24.7 Å². The zero-order chi connectivity index (χ0) is 22.3. The molecule has 1 heterocycles. The van der Waals surface area contributed by atoms with Crippen molar-refractivity contribution in [1.29, 1.82) is 0 Å². The number of urea groups is 1. The van der Waals surface area contributed by atoms with Crippen molar-refractivity contribution in [2.75, 3.05) is 19.0 Å². The highest BCUT2D eigenvalue weighted by Gasteiger charge is 2.19. The number of unbranched alkanes of at least 4 members (excludes halogenated alkanes) is 1. The molecule has 2 amide bonds. The summed E-state index contributed by atoms with van der Waals surface area (Å²) < 4.78 is 5.95. The molecule has 162 valence electrons. The number of anilines is 1. The van der Waals surface area contributed by atoms with Crippen molar-refractivity contribution >= 4 is 22.6 Å². The number of rotatable bonds is 7. The number of fused-ring (bicyclic) bond motifs is 1. The number of hydrogen-bond donors (Lipinski definition) is 2. The molecule has 0 radical (unpaired) electrons. The van der Waals surface area contributed by atoms with E-state index < -0.39 is 0 Å².